The topological polar surface area (TPSA) is 66.8 Å². The van der Waals surface area contributed by atoms with Gasteiger partial charge in [-0.25, -0.2) is 9.18 Å². The summed E-state index contributed by atoms with van der Waals surface area (Å²) < 4.78 is 17.9. The highest BCUT2D eigenvalue weighted by atomic mass is 19.1. The van der Waals surface area contributed by atoms with Gasteiger partial charge in [-0.05, 0) is 31.5 Å². The Bertz CT molecular complexity index is 375. The maximum Gasteiger partial charge on any atom is 0.337 e. The molecule has 1 rings (SSSR count). The number of rotatable bonds is 5. The van der Waals surface area contributed by atoms with Gasteiger partial charge in [-0.3, -0.25) is 0 Å². The third kappa shape index (κ3) is 3.80. The molecule has 94 valence electrons. The van der Waals surface area contributed by atoms with E-state index in [1.165, 1.54) is 31.2 Å². The largest absolute Gasteiger partial charge is 0.479 e. The number of carboxylic acids is 1. The van der Waals surface area contributed by atoms with Crippen molar-refractivity contribution in [2.75, 3.05) is 0 Å². The summed E-state index contributed by atoms with van der Waals surface area (Å²) in [5.74, 6) is -1.62. The van der Waals surface area contributed by atoms with Gasteiger partial charge in [-0.15, -0.1) is 0 Å². The molecule has 3 atom stereocenters. The van der Waals surface area contributed by atoms with Crippen molar-refractivity contribution in [2.45, 2.75) is 32.2 Å². The van der Waals surface area contributed by atoms with E-state index in [0.717, 1.165) is 0 Å². The van der Waals surface area contributed by atoms with Crippen molar-refractivity contribution in [1.29, 1.82) is 0 Å². The van der Waals surface area contributed by atoms with E-state index in [1.807, 2.05) is 0 Å². The van der Waals surface area contributed by atoms with Gasteiger partial charge in [0.2, 0.25) is 0 Å². The summed E-state index contributed by atoms with van der Waals surface area (Å²) >= 11 is 0. The summed E-state index contributed by atoms with van der Waals surface area (Å²) in [7, 11) is 0. The number of hydrogen-bond donors (Lipinski definition) is 2. The number of aliphatic hydroxyl groups excluding tert-OH is 1. The lowest BCUT2D eigenvalue weighted by Gasteiger charge is -2.21. The van der Waals surface area contributed by atoms with E-state index in [2.05, 4.69) is 0 Å². The molecule has 5 heteroatoms. The zero-order valence-electron chi connectivity index (χ0n) is 9.63. The highest BCUT2D eigenvalue weighted by Gasteiger charge is 2.24. The van der Waals surface area contributed by atoms with E-state index >= 15 is 0 Å². The Hall–Kier alpha value is -1.46. The molecule has 1 aromatic carbocycles. The lowest BCUT2D eigenvalue weighted by molar-refractivity contribution is -0.158. The number of hydrogen-bond acceptors (Lipinski definition) is 3. The van der Waals surface area contributed by atoms with Gasteiger partial charge < -0.3 is 14.9 Å². The van der Waals surface area contributed by atoms with E-state index in [9.17, 15) is 14.3 Å². The maximum atomic E-state index is 12.7. The summed E-state index contributed by atoms with van der Waals surface area (Å²) in [4.78, 5) is 11.0. The average molecular weight is 242 g/mol. The molecule has 0 bridgehead atoms. The highest BCUT2D eigenvalue weighted by Crippen LogP contribution is 2.21. The predicted molar refractivity (Wildman–Crippen MR) is 59.0 cm³/mol. The van der Waals surface area contributed by atoms with Gasteiger partial charge in [0.1, 0.15) is 5.82 Å². The van der Waals surface area contributed by atoms with E-state index < -0.39 is 30.1 Å². The summed E-state index contributed by atoms with van der Waals surface area (Å²) in [5, 5.41) is 18.3. The molecule has 0 radical (unpaired) electrons. The van der Waals surface area contributed by atoms with Crippen molar-refractivity contribution in [3.05, 3.63) is 35.6 Å². The second-order valence-corrected chi connectivity index (χ2v) is 3.85. The van der Waals surface area contributed by atoms with Crippen LogP contribution < -0.4 is 0 Å². The molecule has 0 aliphatic carbocycles. The molecule has 3 unspecified atom stereocenters. The Balaban J connectivity index is 2.86. The monoisotopic (exact) mass is 242 g/mol. The summed E-state index contributed by atoms with van der Waals surface area (Å²) in [5.41, 5.74) is 0.339. The second kappa shape index (κ2) is 5.75. The third-order valence-electron chi connectivity index (χ3n) is 2.43. The fourth-order valence-corrected chi connectivity index (χ4v) is 1.25. The summed E-state index contributed by atoms with van der Waals surface area (Å²) in [6.45, 7) is 3.08. The van der Waals surface area contributed by atoms with Gasteiger partial charge in [0.25, 0.3) is 0 Å². The Morgan fingerprint density at radius 3 is 2.24 bits per heavy atom. The summed E-state index contributed by atoms with van der Waals surface area (Å²) in [6.07, 6.45) is -2.61. The Morgan fingerprint density at radius 2 is 1.82 bits per heavy atom. The smallest absolute Gasteiger partial charge is 0.337 e. The molecule has 0 heterocycles. The van der Waals surface area contributed by atoms with Crippen molar-refractivity contribution in [1.82, 2.24) is 0 Å². The number of ether oxygens (including phenoxy) is 1. The molecule has 0 fully saturated rings. The first-order chi connectivity index (χ1) is 7.91. The Morgan fingerprint density at radius 1 is 1.29 bits per heavy atom. The van der Waals surface area contributed by atoms with Crippen molar-refractivity contribution in [3.8, 4) is 0 Å². The molecular formula is C12H15FO4. The molecule has 0 aliphatic heterocycles. The van der Waals surface area contributed by atoms with Gasteiger partial charge in [0, 0.05) is 0 Å². The molecule has 1 aromatic rings. The van der Waals surface area contributed by atoms with Gasteiger partial charge in [-0.1, -0.05) is 12.1 Å². The van der Waals surface area contributed by atoms with Crippen LogP contribution in [0.3, 0.4) is 0 Å². The number of carboxylic acid groups (broad SMARTS) is 1. The average Bonchev–Trinajstić information content (AvgIpc) is 2.26. The molecule has 4 nitrogen and oxygen atoms in total. The molecule has 2 N–H and O–H groups in total. The van der Waals surface area contributed by atoms with Crippen LogP contribution in [0.25, 0.3) is 0 Å². The van der Waals surface area contributed by atoms with Crippen molar-refractivity contribution in [2.24, 2.45) is 0 Å². The molecule has 0 saturated heterocycles. The second-order valence-electron chi connectivity index (χ2n) is 3.85. The maximum absolute atomic E-state index is 12.7. The Labute approximate surface area is 98.7 Å². The molecule has 0 saturated carbocycles. The van der Waals surface area contributed by atoms with Gasteiger partial charge in [-0.2, -0.15) is 0 Å². The van der Waals surface area contributed by atoms with Gasteiger partial charge >= 0.3 is 5.97 Å². The quantitative estimate of drug-likeness (QED) is 0.825. The zero-order chi connectivity index (χ0) is 13.0. The number of carbonyl (C=O) groups is 1. The number of aliphatic hydroxyl groups is 1. The van der Waals surface area contributed by atoms with Crippen LogP contribution in [0.1, 0.15) is 25.5 Å². The molecule has 0 spiro atoms. The van der Waals surface area contributed by atoms with Crippen LogP contribution >= 0.6 is 0 Å². The van der Waals surface area contributed by atoms with E-state index in [1.54, 1.807) is 6.92 Å². The van der Waals surface area contributed by atoms with Crippen LogP contribution in [0.4, 0.5) is 4.39 Å². The van der Waals surface area contributed by atoms with Crippen LogP contribution in [0.2, 0.25) is 0 Å². The van der Waals surface area contributed by atoms with Crippen LogP contribution in [-0.4, -0.2) is 28.4 Å². The lowest BCUT2D eigenvalue weighted by atomic mass is 10.1. The van der Waals surface area contributed by atoms with Crippen LogP contribution in [0, 0.1) is 5.82 Å². The van der Waals surface area contributed by atoms with Crippen LogP contribution in [0.15, 0.2) is 24.3 Å². The van der Waals surface area contributed by atoms with E-state index in [4.69, 9.17) is 9.84 Å². The molecule has 0 aromatic heterocycles. The predicted octanol–water partition coefficient (Wildman–Crippen LogP) is 1.74. The fraction of sp³-hybridized carbons (Fsp3) is 0.417. The summed E-state index contributed by atoms with van der Waals surface area (Å²) in [6, 6.07) is 5.04. The van der Waals surface area contributed by atoms with Crippen LogP contribution in [0.5, 0.6) is 0 Å². The minimum Gasteiger partial charge on any atom is -0.479 e. The van der Waals surface area contributed by atoms with Crippen molar-refractivity contribution < 1.29 is 24.1 Å². The lowest BCUT2D eigenvalue weighted by Crippen LogP contribution is -2.28. The minimum absolute atomic E-state index is 0.339. The standard InChI is InChI=1S/C12H15FO4/c1-7(14)8(2)17-11(12(15)16)9-3-5-10(13)6-4-9/h3-8,11,14H,1-2H3,(H,15,16). The van der Waals surface area contributed by atoms with Crippen molar-refractivity contribution in [3.63, 3.8) is 0 Å². The number of halogens is 1. The number of benzene rings is 1. The van der Waals surface area contributed by atoms with E-state index in [0.29, 0.717) is 5.56 Å². The first-order valence-corrected chi connectivity index (χ1v) is 5.23. The van der Waals surface area contributed by atoms with Gasteiger partial charge in [0.05, 0.1) is 12.2 Å². The highest BCUT2D eigenvalue weighted by molar-refractivity contribution is 5.74. The fourth-order valence-electron chi connectivity index (χ4n) is 1.25. The zero-order valence-corrected chi connectivity index (χ0v) is 9.63. The first kappa shape index (κ1) is 13.6. The number of aliphatic carboxylic acids is 1. The third-order valence-corrected chi connectivity index (χ3v) is 2.43. The van der Waals surface area contributed by atoms with Crippen LogP contribution in [-0.2, 0) is 9.53 Å². The first-order valence-electron chi connectivity index (χ1n) is 5.23. The SMILES string of the molecule is CC(O)C(C)OC(C(=O)O)c1ccc(F)cc1. The van der Waals surface area contributed by atoms with Crippen molar-refractivity contribution >= 4 is 5.97 Å². The Kier molecular flexibility index (Phi) is 4.60. The van der Waals surface area contributed by atoms with E-state index in [-0.39, 0.29) is 0 Å². The molecule has 0 amide bonds. The van der Waals surface area contributed by atoms with Gasteiger partial charge in [0.15, 0.2) is 6.10 Å². The molecule has 0 aliphatic rings. The molecular weight excluding hydrogens is 227 g/mol. The molecule has 17 heavy (non-hydrogen) atoms. The normalized spacial score (nSPS) is 16.2. The minimum atomic E-state index is -1.21.